The molecule has 0 bridgehead atoms. The summed E-state index contributed by atoms with van der Waals surface area (Å²) in [6.07, 6.45) is 0.218. The number of esters is 1. The van der Waals surface area contributed by atoms with Crippen molar-refractivity contribution >= 4 is 40.5 Å². The number of anilines is 2. The van der Waals surface area contributed by atoms with Crippen molar-refractivity contribution in [3.63, 3.8) is 0 Å². The van der Waals surface area contributed by atoms with E-state index in [1.807, 2.05) is 43.3 Å². The van der Waals surface area contributed by atoms with Gasteiger partial charge >= 0.3 is 5.97 Å². The van der Waals surface area contributed by atoms with E-state index < -0.39 is 11.9 Å². The zero-order valence-corrected chi connectivity index (χ0v) is 19.8. The van der Waals surface area contributed by atoms with E-state index in [9.17, 15) is 14.4 Å². The molecular weight excluding hydrogens is 454 g/mol. The molecule has 2 heterocycles. The van der Waals surface area contributed by atoms with Gasteiger partial charge in [-0.1, -0.05) is 29.8 Å². The van der Waals surface area contributed by atoms with Gasteiger partial charge in [0.1, 0.15) is 17.4 Å². The Balaban J connectivity index is 1.28. The van der Waals surface area contributed by atoms with Gasteiger partial charge in [0.25, 0.3) is 0 Å². The summed E-state index contributed by atoms with van der Waals surface area (Å²) in [4.78, 5) is 43.3. The van der Waals surface area contributed by atoms with E-state index in [1.54, 1.807) is 29.5 Å². The zero-order chi connectivity index (χ0) is 24.1. The third-order valence-corrected chi connectivity index (χ3v) is 6.34. The summed E-state index contributed by atoms with van der Waals surface area (Å²) in [5.74, 6) is -0.746. The van der Waals surface area contributed by atoms with E-state index in [4.69, 9.17) is 9.47 Å². The molecule has 2 aromatic carbocycles. The van der Waals surface area contributed by atoms with E-state index >= 15 is 0 Å². The zero-order valence-electron chi connectivity index (χ0n) is 18.9. The molecule has 1 fully saturated rings. The van der Waals surface area contributed by atoms with E-state index in [1.165, 1.54) is 11.3 Å². The number of rotatable bonds is 8. The minimum atomic E-state index is -0.559. The first-order chi connectivity index (χ1) is 16.4. The standard InChI is InChI=1S/C25H25N3O5S/c1-16-7-9-18(10-8-16)26-22(29)12-23-27-19(15-34-23)14-33-25(31)17-11-24(30)28(13-17)20-5-3-4-6-21(20)32-2/h3-10,15,17H,11-14H2,1-2H3,(H,26,29)/t17-/m1/s1. The minimum Gasteiger partial charge on any atom is -0.495 e. The number of nitrogens with zero attached hydrogens (tertiary/aromatic N) is 2. The molecule has 0 aliphatic carbocycles. The lowest BCUT2D eigenvalue weighted by Gasteiger charge is -2.19. The summed E-state index contributed by atoms with van der Waals surface area (Å²) in [7, 11) is 1.54. The number of benzene rings is 2. The molecule has 8 nitrogen and oxygen atoms in total. The van der Waals surface area contributed by atoms with Crippen LogP contribution < -0.4 is 15.0 Å². The SMILES string of the molecule is COc1ccccc1N1C[C@H](C(=O)OCc2csc(CC(=O)Nc3ccc(C)cc3)n2)CC1=O. The maximum Gasteiger partial charge on any atom is 0.311 e. The second-order valence-electron chi connectivity index (χ2n) is 8.01. The fourth-order valence-corrected chi connectivity index (χ4v) is 4.47. The fraction of sp³-hybridized carbons (Fsp3) is 0.280. The molecule has 1 aromatic heterocycles. The lowest BCUT2D eigenvalue weighted by atomic mass is 10.1. The Kier molecular flexibility index (Phi) is 7.22. The van der Waals surface area contributed by atoms with Gasteiger partial charge in [0, 0.05) is 24.0 Å². The monoisotopic (exact) mass is 479 g/mol. The van der Waals surface area contributed by atoms with Crippen molar-refractivity contribution in [2.45, 2.75) is 26.4 Å². The molecule has 0 radical (unpaired) electrons. The van der Waals surface area contributed by atoms with Crippen LogP contribution >= 0.6 is 11.3 Å². The molecule has 1 aliphatic heterocycles. The molecule has 1 N–H and O–H groups in total. The van der Waals surface area contributed by atoms with E-state index in [2.05, 4.69) is 10.3 Å². The molecule has 0 unspecified atom stereocenters. The topological polar surface area (TPSA) is 97.8 Å². The Morgan fingerprint density at radius 3 is 2.71 bits per heavy atom. The Morgan fingerprint density at radius 1 is 1.18 bits per heavy atom. The van der Waals surface area contributed by atoms with Crippen LogP contribution in [0.15, 0.2) is 53.9 Å². The third kappa shape index (κ3) is 5.60. The quantitative estimate of drug-likeness (QED) is 0.495. The molecule has 9 heteroatoms. The molecular formula is C25H25N3O5S. The van der Waals surface area contributed by atoms with Gasteiger partial charge in [-0.15, -0.1) is 11.3 Å². The molecule has 3 aromatic rings. The van der Waals surface area contributed by atoms with Crippen LogP contribution in [-0.2, 0) is 32.1 Å². The van der Waals surface area contributed by atoms with Crippen molar-refractivity contribution in [3.8, 4) is 5.75 Å². The van der Waals surface area contributed by atoms with Crippen molar-refractivity contribution < 1.29 is 23.9 Å². The largest absolute Gasteiger partial charge is 0.495 e. The predicted molar refractivity (Wildman–Crippen MR) is 129 cm³/mol. The average molecular weight is 480 g/mol. The Bertz CT molecular complexity index is 1190. The molecule has 0 saturated carbocycles. The van der Waals surface area contributed by atoms with Crippen molar-refractivity contribution in [2.24, 2.45) is 5.92 Å². The average Bonchev–Trinajstić information content (AvgIpc) is 3.45. The van der Waals surface area contributed by atoms with E-state index in [0.717, 1.165) is 11.3 Å². The van der Waals surface area contributed by atoms with Crippen molar-refractivity contribution in [2.75, 3.05) is 23.9 Å². The van der Waals surface area contributed by atoms with Gasteiger partial charge in [0.2, 0.25) is 11.8 Å². The summed E-state index contributed by atoms with van der Waals surface area (Å²) in [6.45, 7) is 2.21. The molecule has 176 valence electrons. The number of ether oxygens (including phenoxy) is 2. The third-order valence-electron chi connectivity index (χ3n) is 5.44. The molecule has 34 heavy (non-hydrogen) atoms. The van der Waals surface area contributed by atoms with Crippen LogP contribution in [-0.4, -0.2) is 36.4 Å². The smallest absolute Gasteiger partial charge is 0.311 e. The minimum absolute atomic E-state index is 0.00569. The van der Waals surface area contributed by atoms with Crippen LogP contribution in [0.5, 0.6) is 5.75 Å². The lowest BCUT2D eigenvalue weighted by Crippen LogP contribution is -2.26. The Morgan fingerprint density at radius 2 is 1.94 bits per heavy atom. The maximum atomic E-state index is 12.6. The van der Waals surface area contributed by atoms with Gasteiger partial charge in [-0.2, -0.15) is 0 Å². The summed E-state index contributed by atoms with van der Waals surface area (Å²) >= 11 is 1.34. The van der Waals surface area contributed by atoms with Crippen LogP contribution in [0.4, 0.5) is 11.4 Å². The summed E-state index contributed by atoms with van der Waals surface area (Å²) in [5, 5.41) is 5.24. The number of aromatic nitrogens is 1. The number of aryl methyl sites for hydroxylation is 1. The van der Waals surface area contributed by atoms with Gasteiger partial charge in [-0.05, 0) is 31.2 Å². The van der Waals surface area contributed by atoms with E-state index in [-0.39, 0.29) is 37.8 Å². The first-order valence-corrected chi connectivity index (χ1v) is 11.7. The normalized spacial score (nSPS) is 15.3. The van der Waals surface area contributed by atoms with Crippen LogP contribution in [0, 0.1) is 12.8 Å². The van der Waals surface area contributed by atoms with Crippen LogP contribution in [0.3, 0.4) is 0 Å². The lowest BCUT2D eigenvalue weighted by molar-refractivity contribution is -0.149. The second kappa shape index (κ2) is 10.5. The van der Waals surface area contributed by atoms with Crippen molar-refractivity contribution in [1.82, 2.24) is 4.98 Å². The van der Waals surface area contributed by atoms with Crippen LogP contribution in [0.2, 0.25) is 0 Å². The Labute approximate surface area is 201 Å². The molecule has 1 saturated heterocycles. The van der Waals surface area contributed by atoms with Crippen molar-refractivity contribution in [1.29, 1.82) is 0 Å². The second-order valence-corrected chi connectivity index (χ2v) is 8.95. The molecule has 1 aliphatic rings. The highest BCUT2D eigenvalue weighted by molar-refractivity contribution is 7.09. The molecule has 1 atom stereocenters. The Hall–Kier alpha value is -3.72. The molecule has 0 spiro atoms. The summed E-state index contributed by atoms with van der Waals surface area (Å²) in [5.41, 5.74) is 3.06. The number of thiazole rings is 1. The van der Waals surface area contributed by atoms with Gasteiger partial charge in [-0.25, -0.2) is 4.98 Å². The number of hydrogen-bond acceptors (Lipinski definition) is 7. The van der Waals surface area contributed by atoms with E-state index in [0.29, 0.717) is 22.1 Å². The number of para-hydroxylation sites is 2. The highest BCUT2D eigenvalue weighted by Gasteiger charge is 2.37. The summed E-state index contributed by atoms with van der Waals surface area (Å²) < 4.78 is 10.7. The van der Waals surface area contributed by atoms with Gasteiger partial charge < -0.3 is 19.7 Å². The van der Waals surface area contributed by atoms with Gasteiger partial charge in [0.15, 0.2) is 0 Å². The number of carbonyl (C=O) groups is 3. The molecule has 4 rings (SSSR count). The fourth-order valence-electron chi connectivity index (χ4n) is 3.69. The predicted octanol–water partition coefficient (Wildman–Crippen LogP) is 3.74. The number of hydrogen-bond donors (Lipinski definition) is 1. The van der Waals surface area contributed by atoms with Gasteiger partial charge in [-0.3, -0.25) is 14.4 Å². The highest BCUT2D eigenvalue weighted by Crippen LogP contribution is 2.33. The summed E-state index contributed by atoms with van der Waals surface area (Å²) in [6, 6.07) is 14.8. The first-order valence-electron chi connectivity index (χ1n) is 10.8. The van der Waals surface area contributed by atoms with Gasteiger partial charge in [0.05, 0.1) is 30.8 Å². The number of carbonyl (C=O) groups excluding carboxylic acids is 3. The van der Waals surface area contributed by atoms with Crippen LogP contribution in [0.1, 0.15) is 22.7 Å². The number of methoxy groups -OCH3 is 1. The van der Waals surface area contributed by atoms with Crippen LogP contribution in [0.25, 0.3) is 0 Å². The van der Waals surface area contributed by atoms with Crippen molar-refractivity contribution in [3.05, 3.63) is 70.2 Å². The highest BCUT2D eigenvalue weighted by atomic mass is 32.1. The maximum absolute atomic E-state index is 12.6. The number of amides is 2. The first kappa shape index (κ1) is 23.4. The number of nitrogens with one attached hydrogen (secondary N) is 1. The molecule has 2 amide bonds.